The molecule has 1 aliphatic rings. The molecular formula is C11H23NO. The summed E-state index contributed by atoms with van der Waals surface area (Å²) in [5, 5.41) is 8.76. The molecule has 1 N–H and O–H groups in total. The van der Waals surface area contributed by atoms with Gasteiger partial charge in [0.2, 0.25) is 0 Å². The molecule has 0 radical (unpaired) electrons. The lowest BCUT2D eigenvalue weighted by molar-refractivity contribution is 0.187. The summed E-state index contributed by atoms with van der Waals surface area (Å²) >= 11 is 0. The van der Waals surface area contributed by atoms with E-state index in [2.05, 4.69) is 18.7 Å². The summed E-state index contributed by atoms with van der Waals surface area (Å²) in [6, 6.07) is 0.630. The van der Waals surface area contributed by atoms with Crippen molar-refractivity contribution < 1.29 is 5.11 Å². The maximum absolute atomic E-state index is 8.76. The van der Waals surface area contributed by atoms with Crippen molar-refractivity contribution >= 4 is 0 Å². The summed E-state index contributed by atoms with van der Waals surface area (Å²) in [4.78, 5) is 2.48. The maximum Gasteiger partial charge on any atom is 0.0443 e. The van der Waals surface area contributed by atoms with Crippen molar-refractivity contribution in [2.24, 2.45) is 5.92 Å². The number of aliphatic hydroxyl groups excluding tert-OH is 1. The van der Waals surface area contributed by atoms with E-state index in [-0.39, 0.29) is 0 Å². The van der Waals surface area contributed by atoms with Crippen LogP contribution in [-0.2, 0) is 0 Å². The number of hydrogen-bond acceptors (Lipinski definition) is 2. The Balaban J connectivity index is 2.11. The second-order valence-electron chi connectivity index (χ2n) is 4.44. The molecule has 1 fully saturated rings. The van der Waals surface area contributed by atoms with Gasteiger partial charge in [0.1, 0.15) is 0 Å². The summed E-state index contributed by atoms with van der Waals surface area (Å²) in [6.45, 7) is 7.09. The molecule has 0 aromatic carbocycles. The summed E-state index contributed by atoms with van der Waals surface area (Å²) in [7, 11) is 0. The van der Waals surface area contributed by atoms with Gasteiger partial charge in [0, 0.05) is 19.2 Å². The fraction of sp³-hybridized carbons (Fsp3) is 1.00. The highest BCUT2D eigenvalue weighted by Crippen LogP contribution is 2.32. The minimum atomic E-state index is 0.326. The second-order valence-corrected chi connectivity index (χ2v) is 4.44. The highest BCUT2D eigenvalue weighted by molar-refractivity contribution is 4.75. The molecule has 0 aromatic heterocycles. The first-order chi connectivity index (χ1) is 6.24. The van der Waals surface area contributed by atoms with E-state index in [1.807, 2.05) is 0 Å². The number of nitrogens with zero attached hydrogens (tertiary/aromatic N) is 1. The molecule has 0 saturated heterocycles. The van der Waals surface area contributed by atoms with Gasteiger partial charge in [0.15, 0.2) is 0 Å². The first-order valence-corrected chi connectivity index (χ1v) is 5.59. The van der Waals surface area contributed by atoms with Crippen molar-refractivity contribution in [3.63, 3.8) is 0 Å². The Bertz CT molecular complexity index is 132. The van der Waals surface area contributed by atoms with E-state index in [1.54, 1.807) is 0 Å². The lowest BCUT2D eigenvalue weighted by Crippen LogP contribution is -2.33. The van der Waals surface area contributed by atoms with Crippen LogP contribution < -0.4 is 0 Å². The topological polar surface area (TPSA) is 23.5 Å². The van der Waals surface area contributed by atoms with Crippen LogP contribution in [0.5, 0.6) is 0 Å². The van der Waals surface area contributed by atoms with E-state index in [1.165, 1.54) is 25.8 Å². The zero-order valence-corrected chi connectivity index (χ0v) is 9.00. The molecule has 13 heavy (non-hydrogen) atoms. The SMILES string of the molecule is CC(C)N(CCCO)CCC1CC1. The standard InChI is InChI=1S/C11H23NO/c1-10(2)12(7-3-9-13)8-6-11-4-5-11/h10-11,13H,3-9H2,1-2H3. The molecule has 1 aliphatic carbocycles. The number of rotatable bonds is 7. The van der Waals surface area contributed by atoms with Gasteiger partial charge in [-0.1, -0.05) is 12.8 Å². The van der Waals surface area contributed by atoms with Crippen molar-refractivity contribution in [1.82, 2.24) is 4.90 Å². The lowest BCUT2D eigenvalue weighted by atomic mass is 10.2. The van der Waals surface area contributed by atoms with Crippen LogP contribution >= 0.6 is 0 Å². The zero-order chi connectivity index (χ0) is 9.68. The summed E-state index contributed by atoms with van der Waals surface area (Å²) < 4.78 is 0. The lowest BCUT2D eigenvalue weighted by Gasteiger charge is -2.26. The Hall–Kier alpha value is -0.0800. The first kappa shape index (κ1) is 11.0. The molecule has 0 aliphatic heterocycles. The third-order valence-corrected chi connectivity index (χ3v) is 2.86. The van der Waals surface area contributed by atoms with Crippen LogP contribution in [0.1, 0.15) is 39.5 Å². The quantitative estimate of drug-likeness (QED) is 0.654. The predicted octanol–water partition coefficient (Wildman–Crippen LogP) is 1.88. The predicted molar refractivity (Wildman–Crippen MR) is 55.8 cm³/mol. The third-order valence-electron chi connectivity index (χ3n) is 2.86. The Kier molecular flexibility index (Phi) is 4.74. The first-order valence-electron chi connectivity index (χ1n) is 5.59. The van der Waals surface area contributed by atoms with Crippen LogP contribution in [0, 0.1) is 5.92 Å². The molecule has 1 rings (SSSR count). The van der Waals surface area contributed by atoms with Crippen LogP contribution in [0.15, 0.2) is 0 Å². The summed E-state index contributed by atoms with van der Waals surface area (Å²) in [5.74, 6) is 1.02. The molecule has 1 saturated carbocycles. The highest BCUT2D eigenvalue weighted by Gasteiger charge is 2.22. The zero-order valence-electron chi connectivity index (χ0n) is 9.00. The molecule has 0 atom stereocenters. The van der Waals surface area contributed by atoms with Gasteiger partial charge in [-0.05, 0) is 39.2 Å². The van der Waals surface area contributed by atoms with Crippen LogP contribution in [-0.4, -0.2) is 35.7 Å². The largest absolute Gasteiger partial charge is 0.396 e. The summed E-state index contributed by atoms with van der Waals surface area (Å²) in [5.41, 5.74) is 0. The van der Waals surface area contributed by atoms with Crippen LogP contribution in [0.25, 0.3) is 0 Å². The molecular weight excluding hydrogens is 162 g/mol. The molecule has 0 aromatic rings. The van der Waals surface area contributed by atoms with Crippen molar-refractivity contribution in [2.45, 2.75) is 45.6 Å². The fourth-order valence-electron chi connectivity index (χ4n) is 1.66. The molecule has 0 amide bonds. The number of aliphatic hydroxyl groups is 1. The van der Waals surface area contributed by atoms with E-state index in [4.69, 9.17) is 5.11 Å². The minimum absolute atomic E-state index is 0.326. The van der Waals surface area contributed by atoms with Crippen LogP contribution in [0.2, 0.25) is 0 Å². The van der Waals surface area contributed by atoms with Gasteiger partial charge in [-0.2, -0.15) is 0 Å². The second kappa shape index (κ2) is 5.61. The highest BCUT2D eigenvalue weighted by atomic mass is 16.3. The smallest absolute Gasteiger partial charge is 0.0443 e. The van der Waals surface area contributed by atoms with Crippen LogP contribution in [0.3, 0.4) is 0 Å². The molecule has 2 nitrogen and oxygen atoms in total. The average molecular weight is 185 g/mol. The summed E-state index contributed by atoms with van der Waals surface area (Å²) in [6.07, 6.45) is 5.18. The Labute approximate surface area is 81.9 Å². The monoisotopic (exact) mass is 185 g/mol. The molecule has 0 spiro atoms. The molecule has 0 unspecified atom stereocenters. The Morgan fingerprint density at radius 1 is 1.31 bits per heavy atom. The molecule has 78 valence electrons. The van der Waals surface area contributed by atoms with E-state index in [0.717, 1.165) is 18.9 Å². The van der Waals surface area contributed by atoms with Crippen molar-refractivity contribution in [2.75, 3.05) is 19.7 Å². The molecule has 0 heterocycles. The average Bonchev–Trinajstić information content (AvgIpc) is 2.87. The normalized spacial score (nSPS) is 17.3. The van der Waals surface area contributed by atoms with Gasteiger partial charge in [-0.15, -0.1) is 0 Å². The van der Waals surface area contributed by atoms with Gasteiger partial charge >= 0.3 is 0 Å². The third kappa shape index (κ3) is 4.63. The van der Waals surface area contributed by atoms with Crippen LogP contribution in [0.4, 0.5) is 0 Å². The van der Waals surface area contributed by atoms with Gasteiger partial charge in [-0.25, -0.2) is 0 Å². The Morgan fingerprint density at radius 3 is 2.46 bits per heavy atom. The van der Waals surface area contributed by atoms with E-state index in [9.17, 15) is 0 Å². The van der Waals surface area contributed by atoms with Crippen molar-refractivity contribution in [3.8, 4) is 0 Å². The van der Waals surface area contributed by atoms with E-state index < -0.39 is 0 Å². The maximum atomic E-state index is 8.76. The molecule has 0 bridgehead atoms. The van der Waals surface area contributed by atoms with Gasteiger partial charge in [0.25, 0.3) is 0 Å². The van der Waals surface area contributed by atoms with Gasteiger partial charge in [0.05, 0.1) is 0 Å². The minimum Gasteiger partial charge on any atom is -0.396 e. The van der Waals surface area contributed by atoms with Gasteiger partial charge < -0.3 is 10.0 Å². The van der Waals surface area contributed by atoms with Gasteiger partial charge in [-0.3, -0.25) is 0 Å². The van der Waals surface area contributed by atoms with Crippen molar-refractivity contribution in [3.05, 3.63) is 0 Å². The van der Waals surface area contributed by atoms with E-state index >= 15 is 0 Å². The fourth-order valence-corrected chi connectivity index (χ4v) is 1.66. The number of hydrogen-bond donors (Lipinski definition) is 1. The van der Waals surface area contributed by atoms with Crippen molar-refractivity contribution in [1.29, 1.82) is 0 Å². The Morgan fingerprint density at radius 2 is 2.00 bits per heavy atom. The van der Waals surface area contributed by atoms with E-state index in [0.29, 0.717) is 12.6 Å². The molecule has 2 heteroatoms.